The van der Waals surface area contributed by atoms with Crippen LogP contribution >= 0.6 is 0 Å². The summed E-state index contributed by atoms with van der Waals surface area (Å²) in [5.41, 5.74) is 18.0. The molecule has 0 spiro atoms. The topological polar surface area (TPSA) is 182 Å². The van der Waals surface area contributed by atoms with Gasteiger partial charge in [0.25, 0.3) is 11.8 Å². The highest BCUT2D eigenvalue weighted by atomic mass is 16.2. The smallest absolute Gasteiger partial charge is 0.255 e. The quantitative estimate of drug-likeness (QED) is 0.0254. The van der Waals surface area contributed by atoms with Gasteiger partial charge < -0.3 is 32.0 Å². The highest BCUT2D eigenvalue weighted by molar-refractivity contribution is 6.11. The van der Waals surface area contributed by atoms with Crippen LogP contribution in [0.4, 0.5) is 11.4 Å². The highest BCUT2D eigenvalue weighted by Gasteiger charge is 2.24. The van der Waals surface area contributed by atoms with Crippen molar-refractivity contribution in [3.63, 3.8) is 0 Å². The minimum Gasteiger partial charge on any atom is -0.382 e. The first kappa shape index (κ1) is 49.1. The van der Waals surface area contributed by atoms with Gasteiger partial charge in [0.1, 0.15) is 5.84 Å². The van der Waals surface area contributed by atoms with Gasteiger partial charge in [-0.25, -0.2) is 5.84 Å². The summed E-state index contributed by atoms with van der Waals surface area (Å²) in [4.78, 5) is 32.7. The molecule has 12 heteroatoms. The number of nitrogens with zero attached hydrogens (tertiary/aromatic N) is 4. The summed E-state index contributed by atoms with van der Waals surface area (Å²) >= 11 is 0. The van der Waals surface area contributed by atoms with Crippen LogP contribution in [0.15, 0.2) is 175 Å². The van der Waals surface area contributed by atoms with Crippen LogP contribution in [-0.2, 0) is 13.0 Å². The molecule has 2 heterocycles. The van der Waals surface area contributed by atoms with Gasteiger partial charge in [-0.1, -0.05) is 121 Å². The number of nitrogens with two attached hydrogens (primary N) is 3. The first-order chi connectivity index (χ1) is 35.1. The second-order valence-corrected chi connectivity index (χ2v) is 19.2. The Kier molecular flexibility index (Phi) is 15.6. The van der Waals surface area contributed by atoms with Crippen LogP contribution < -0.4 is 28.1 Å². The molecular weight excluding hydrogens is 893 g/mol. The van der Waals surface area contributed by atoms with E-state index in [1.165, 1.54) is 16.1 Å². The summed E-state index contributed by atoms with van der Waals surface area (Å²) in [6.07, 6.45) is 5.00. The molecule has 366 valence electrons. The maximum atomic E-state index is 14.1. The summed E-state index contributed by atoms with van der Waals surface area (Å²) in [6.45, 7) is 5.26. The predicted octanol–water partition coefficient (Wildman–Crippen LogP) is 10.0. The van der Waals surface area contributed by atoms with E-state index in [-0.39, 0.29) is 23.5 Å². The number of hydrazine groups is 1. The number of benzene rings is 7. The lowest BCUT2D eigenvalue weighted by molar-refractivity contribution is 0.101. The fraction of sp³-hybridized carbons (Fsp3) is 0.233. The lowest BCUT2D eigenvalue weighted by Gasteiger charge is -2.32. The Bertz CT molecular complexity index is 3050. The van der Waals surface area contributed by atoms with Gasteiger partial charge in [0.05, 0.1) is 17.9 Å². The second-order valence-electron chi connectivity index (χ2n) is 19.2. The molecule has 2 aliphatic heterocycles. The Morgan fingerprint density at radius 2 is 1.10 bits per heavy atom. The summed E-state index contributed by atoms with van der Waals surface area (Å²) < 4.78 is 0. The maximum Gasteiger partial charge on any atom is 0.255 e. The third-order valence-electron chi connectivity index (χ3n) is 14.3. The van der Waals surface area contributed by atoms with Crippen molar-refractivity contribution in [2.75, 3.05) is 50.4 Å². The number of piperidine rings is 2. The van der Waals surface area contributed by atoms with E-state index in [0.717, 1.165) is 98.2 Å². The number of anilines is 2. The maximum absolute atomic E-state index is 14.1. The third-order valence-corrected chi connectivity index (χ3v) is 14.3. The monoisotopic (exact) mass is 957 g/mol. The fourth-order valence-electron chi connectivity index (χ4n) is 10.1. The molecule has 0 saturated carbocycles. The summed E-state index contributed by atoms with van der Waals surface area (Å²) in [5.74, 6) is 12.7. The SMILES string of the molecule is CN1CCC(c2cccc(C(=O)Nc3cc(-c4cccc(CCN5CCC(c6cccc(C(=O)Nc7cc(-c8ccccc8)ccc7C(=N)N(N)Cc7ccccc7)c6)CC5)c4)ccc3/C(N)=N/N)c2)CC1. The fourth-order valence-corrected chi connectivity index (χ4v) is 10.1. The van der Waals surface area contributed by atoms with E-state index in [4.69, 9.17) is 22.8 Å². The minimum absolute atomic E-state index is 0.105. The van der Waals surface area contributed by atoms with Gasteiger partial charge in [-0.05, 0) is 170 Å². The minimum atomic E-state index is -0.239. The van der Waals surface area contributed by atoms with E-state index in [9.17, 15) is 9.59 Å². The molecule has 12 nitrogen and oxygen atoms in total. The molecule has 2 amide bonds. The average Bonchev–Trinajstić information content (AvgIpc) is 3.43. The van der Waals surface area contributed by atoms with Gasteiger partial charge in [-0.3, -0.25) is 20.0 Å². The van der Waals surface area contributed by atoms with Crippen molar-refractivity contribution in [2.45, 2.75) is 50.5 Å². The van der Waals surface area contributed by atoms with E-state index >= 15 is 0 Å². The summed E-state index contributed by atoms with van der Waals surface area (Å²) in [5, 5.41) is 20.5. The van der Waals surface area contributed by atoms with Crippen LogP contribution in [-0.4, -0.2) is 78.1 Å². The molecule has 0 atom stereocenters. The highest BCUT2D eigenvalue weighted by Crippen LogP contribution is 2.33. The van der Waals surface area contributed by atoms with Crippen LogP contribution in [0, 0.1) is 5.41 Å². The number of rotatable bonds is 15. The number of amidine groups is 2. The van der Waals surface area contributed by atoms with E-state index in [1.54, 1.807) is 0 Å². The van der Waals surface area contributed by atoms with Crippen LogP contribution in [0.2, 0.25) is 0 Å². The van der Waals surface area contributed by atoms with Gasteiger partial charge in [-0.2, -0.15) is 5.10 Å². The van der Waals surface area contributed by atoms with Gasteiger partial charge >= 0.3 is 0 Å². The molecule has 7 aromatic carbocycles. The van der Waals surface area contributed by atoms with E-state index in [0.29, 0.717) is 52.0 Å². The number of carbonyl (C=O) groups is 2. The Hall–Kier alpha value is -7.90. The van der Waals surface area contributed by atoms with Crippen molar-refractivity contribution in [3.05, 3.63) is 214 Å². The van der Waals surface area contributed by atoms with Crippen molar-refractivity contribution in [1.82, 2.24) is 14.8 Å². The van der Waals surface area contributed by atoms with Gasteiger partial charge in [0, 0.05) is 28.8 Å². The van der Waals surface area contributed by atoms with Crippen molar-refractivity contribution >= 4 is 34.9 Å². The summed E-state index contributed by atoms with van der Waals surface area (Å²) in [6, 6.07) is 55.8. The average molecular weight is 957 g/mol. The van der Waals surface area contributed by atoms with Gasteiger partial charge in [-0.15, -0.1) is 0 Å². The molecule has 0 aromatic heterocycles. The van der Waals surface area contributed by atoms with Crippen molar-refractivity contribution in [1.29, 1.82) is 5.41 Å². The van der Waals surface area contributed by atoms with Crippen LogP contribution in [0.3, 0.4) is 0 Å². The lowest BCUT2D eigenvalue weighted by atomic mass is 9.88. The molecule has 0 unspecified atom stereocenters. The van der Waals surface area contributed by atoms with Gasteiger partial charge in [0.15, 0.2) is 5.84 Å². The Morgan fingerprint density at radius 1 is 0.597 bits per heavy atom. The Morgan fingerprint density at radius 3 is 1.71 bits per heavy atom. The Labute approximate surface area is 423 Å². The number of hydrogen-bond donors (Lipinski definition) is 6. The third kappa shape index (κ3) is 12.0. The number of hydrogen-bond acceptors (Lipinski definition) is 8. The van der Waals surface area contributed by atoms with Crippen LogP contribution in [0.5, 0.6) is 0 Å². The molecule has 2 saturated heterocycles. The molecular formula is C60H64N10O2. The second kappa shape index (κ2) is 22.9. The lowest BCUT2D eigenvalue weighted by Crippen LogP contribution is -2.37. The van der Waals surface area contributed by atoms with Gasteiger partial charge in [0.2, 0.25) is 0 Å². The number of likely N-dealkylation sites (tertiary alicyclic amines) is 2. The van der Waals surface area contributed by atoms with Crippen LogP contribution in [0.25, 0.3) is 22.3 Å². The molecule has 9 N–H and O–H groups in total. The standard InChI is InChI=1S/C60H64N10O2/c1-68-30-26-44(27-31-68)47-17-9-19-51(36-47)59(71)65-55-39-50(21-23-53(55)57(61)67-63)46-16-8-13-41(35-46)25-32-69-33-28-45(29-34-69)48-18-10-20-52(37-48)60(72)66-56-38-49(43-14-6-3-7-15-43)22-24-54(56)58(62)70(64)40-42-11-4-2-5-12-42/h2-24,35-39,44-45,62H,25-34,40,63-64H2,1H3,(H2,61,67)(H,65,71)(H,66,72). The van der Waals surface area contributed by atoms with E-state index in [2.05, 4.69) is 69.0 Å². The molecule has 0 aliphatic carbocycles. The van der Waals surface area contributed by atoms with E-state index in [1.807, 2.05) is 133 Å². The zero-order valence-corrected chi connectivity index (χ0v) is 40.9. The molecule has 2 fully saturated rings. The normalized spacial score (nSPS) is 14.9. The Balaban J connectivity index is 0.826. The zero-order chi connectivity index (χ0) is 50.0. The summed E-state index contributed by atoms with van der Waals surface area (Å²) in [7, 11) is 2.15. The van der Waals surface area contributed by atoms with Crippen molar-refractivity contribution in [2.24, 2.45) is 22.5 Å². The molecule has 9 rings (SSSR count). The number of carbonyl (C=O) groups excluding carboxylic acids is 2. The van der Waals surface area contributed by atoms with Crippen molar-refractivity contribution < 1.29 is 9.59 Å². The predicted molar refractivity (Wildman–Crippen MR) is 292 cm³/mol. The number of amides is 2. The number of hydrazone groups is 1. The largest absolute Gasteiger partial charge is 0.382 e. The molecule has 2 aliphatic rings. The molecule has 72 heavy (non-hydrogen) atoms. The molecule has 7 aromatic rings. The molecule has 0 bridgehead atoms. The van der Waals surface area contributed by atoms with E-state index < -0.39 is 0 Å². The first-order valence-electron chi connectivity index (χ1n) is 24.9. The van der Waals surface area contributed by atoms with Crippen LogP contribution in [0.1, 0.15) is 91.6 Å². The molecule has 0 radical (unpaired) electrons. The zero-order valence-electron chi connectivity index (χ0n) is 40.9. The first-order valence-corrected chi connectivity index (χ1v) is 24.9. The van der Waals surface area contributed by atoms with Crippen molar-refractivity contribution in [3.8, 4) is 22.3 Å². The number of nitrogens with one attached hydrogen (secondary N) is 3.